The van der Waals surface area contributed by atoms with E-state index in [1.807, 2.05) is 0 Å². The average molecular weight is 296 g/mol. The van der Waals surface area contributed by atoms with E-state index in [2.05, 4.69) is 0 Å². The van der Waals surface area contributed by atoms with Crippen LogP contribution in [0, 0.1) is 5.92 Å². The molecule has 0 radical (unpaired) electrons. The van der Waals surface area contributed by atoms with Crippen LogP contribution in [0.3, 0.4) is 0 Å². The smallest absolute Gasteiger partial charge is 0.328 e. The fourth-order valence-corrected chi connectivity index (χ4v) is 3.53. The van der Waals surface area contributed by atoms with Crippen molar-refractivity contribution in [2.24, 2.45) is 11.7 Å². The maximum Gasteiger partial charge on any atom is 0.328 e. The SMILES string of the molecule is CCOC(=O)C1CCCCN1C(=O)C1CCCCCC1N. The molecule has 1 saturated carbocycles. The summed E-state index contributed by atoms with van der Waals surface area (Å²) in [5.41, 5.74) is 6.20. The van der Waals surface area contributed by atoms with Gasteiger partial charge in [-0.15, -0.1) is 0 Å². The molecule has 0 aromatic carbocycles. The topological polar surface area (TPSA) is 72.6 Å². The van der Waals surface area contributed by atoms with Gasteiger partial charge in [-0.2, -0.15) is 0 Å². The van der Waals surface area contributed by atoms with E-state index in [4.69, 9.17) is 10.5 Å². The number of likely N-dealkylation sites (tertiary alicyclic amines) is 1. The van der Waals surface area contributed by atoms with Crippen LogP contribution in [0.1, 0.15) is 58.3 Å². The second-order valence-electron chi connectivity index (χ2n) is 6.20. The monoisotopic (exact) mass is 296 g/mol. The summed E-state index contributed by atoms with van der Waals surface area (Å²) in [6, 6.07) is -0.466. The highest BCUT2D eigenvalue weighted by atomic mass is 16.5. The summed E-state index contributed by atoms with van der Waals surface area (Å²) in [6.45, 7) is 2.82. The summed E-state index contributed by atoms with van der Waals surface area (Å²) in [4.78, 5) is 26.7. The number of rotatable bonds is 3. The van der Waals surface area contributed by atoms with Crippen molar-refractivity contribution >= 4 is 11.9 Å². The van der Waals surface area contributed by atoms with Gasteiger partial charge < -0.3 is 15.4 Å². The van der Waals surface area contributed by atoms with Crippen LogP contribution >= 0.6 is 0 Å². The van der Waals surface area contributed by atoms with Crippen molar-refractivity contribution in [3.63, 3.8) is 0 Å². The van der Waals surface area contributed by atoms with E-state index in [1.165, 1.54) is 0 Å². The Labute approximate surface area is 127 Å². The molecule has 1 saturated heterocycles. The Morgan fingerprint density at radius 1 is 1.10 bits per heavy atom. The van der Waals surface area contributed by atoms with E-state index in [9.17, 15) is 9.59 Å². The summed E-state index contributed by atoms with van der Waals surface area (Å²) in [6.07, 6.45) is 7.73. The molecule has 0 aromatic rings. The molecule has 5 heteroatoms. The van der Waals surface area contributed by atoms with Gasteiger partial charge in [-0.05, 0) is 39.0 Å². The van der Waals surface area contributed by atoms with Crippen LogP contribution in [0.25, 0.3) is 0 Å². The normalized spacial score (nSPS) is 30.6. The lowest BCUT2D eigenvalue weighted by Crippen LogP contribution is -2.53. The number of ether oxygens (including phenoxy) is 1. The Bertz CT molecular complexity index is 373. The zero-order valence-corrected chi connectivity index (χ0v) is 13.1. The third-order valence-corrected chi connectivity index (χ3v) is 4.73. The zero-order valence-electron chi connectivity index (χ0n) is 13.1. The molecule has 1 heterocycles. The van der Waals surface area contributed by atoms with Crippen LogP contribution in [0.2, 0.25) is 0 Å². The van der Waals surface area contributed by atoms with Gasteiger partial charge in [0.2, 0.25) is 5.91 Å². The van der Waals surface area contributed by atoms with Crippen molar-refractivity contribution in [1.29, 1.82) is 0 Å². The van der Waals surface area contributed by atoms with Crippen molar-refractivity contribution in [1.82, 2.24) is 4.90 Å². The Kier molecular flexibility index (Phi) is 6.03. The second-order valence-corrected chi connectivity index (χ2v) is 6.20. The lowest BCUT2D eigenvalue weighted by Gasteiger charge is -2.37. The largest absolute Gasteiger partial charge is 0.464 e. The van der Waals surface area contributed by atoms with E-state index in [1.54, 1.807) is 11.8 Å². The van der Waals surface area contributed by atoms with Crippen LogP contribution in [0.15, 0.2) is 0 Å². The van der Waals surface area contributed by atoms with E-state index < -0.39 is 6.04 Å². The molecule has 3 atom stereocenters. The van der Waals surface area contributed by atoms with Crippen molar-refractivity contribution in [2.45, 2.75) is 70.4 Å². The van der Waals surface area contributed by atoms with Gasteiger partial charge in [-0.25, -0.2) is 4.79 Å². The van der Waals surface area contributed by atoms with Gasteiger partial charge in [0.25, 0.3) is 0 Å². The maximum atomic E-state index is 12.9. The minimum absolute atomic E-state index is 0.0650. The fraction of sp³-hybridized carbons (Fsp3) is 0.875. The Hall–Kier alpha value is -1.10. The number of piperidine rings is 1. The molecule has 2 aliphatic rings. The predicted octanol–water partition coefficient (Wildman–Crippen LogP) is 1.84. The second kappa shape index (κ2) is 7.78. The number of esters is 1. The summed E-state index contributed by atoms with van der Waals surface area (Å²) in [5, 5.41) is 0. The Morgan fingerprint density at radius 2 is 1.81 bits per heavy atom. The minimum Gasteiger partial charge on any atom is -0.464 e. The molecule has 0 aromatic heterocycles. The Morgan fingerprint density at radius 3 is 2.57 bits per heavy atom. The molecule has 3 unspecified atom stereocenters. The van der Waals surface area contributed by atoms with Crippen LogP contribution in [0.4, 0.5) is 0 Å². The van der Waals surface area contributed by atoms with E-state index >= 15 is 0 Å². The lowest BCUT2D eigenvalue weighted by atomic mass is 9.91. The molecular formula is C16H28N2O3. The van der Waals surface area contributed by atoms with Crippen molar-refractivity contribution in [3.05, 3.63) is 0 Å². The predicted molar refractivity (Wildman–Crippen MR) is 80.5 cm³/mol. The molecule has 0 spiro atoms. The minimum atomic E-state index is -0.401. The molecule has 2 fully saturated rings. The third kappa shape index (κ3) is 3.96. The number of nitrogens with two attached hydrogens (primary N) is 1. The summed E-state index contributed by atoms with van der Waals surface area (Å²) in [7, 11) is 0. The van der Waals surface area contributed by atoms with Crippen molar-refractivity contribution in [3.8, 4) is 0 Å². The van der Waals surface area contributed by atoms with Gasteiger partial charge in [-0.1, -0.05) is 19.3 Å². The number of amides is 1. The van der Waals surface area contributed by atoms with Gasteiger partial charge in [-0.3, -0.25) is 4.79 Å². The molecule has 1 aliphatic heterocycles. The van der Waals surface area contributed by atoms with Gasteiger partial charge in [0.15, 0.2) is 0 Å². The van der Waals surface area contributed by atoms with Crippen LogP contribution in [-0.4, -0.2) is 42.0 Å². The zero-order chi connectivity index (χ0) is 15.2. The number of hydrogen-bond donors (Lipinski definition) is 1. The molecule has 5 nitrogen and oxygen atoms in total. The van der Waals surface area contributed by atoms with E-state index in [0.29, 0.717) is 19.6 Å². The molecule has 2 N–H and O–H groups in total. The Balaban J connectivity index is 2.08. The molecule has 1 aliphatic carbocycles. The number of nitrogens with zero attached hydrogens (tertiary/aromatic N) is 1. The maximum absolute atomic E-state index is 12.9. The highest BCUT2D eigenvalue weighted by molar-refractivity contribution is 5.86. The standard InChI is InChI=1S/C16H28N2O3/c1-2-21-16(20)14-10-6-7-11-18(14)15(19)12-8-4-3-5-9-13(12)17/h12-14H,2-11,17H2,1H3. The van der Waals surface area contributed by atoms with Crippen LogP contribution in [-0.2, 0) is 14.3 Å². The number of carbonyl (C=O) groups is 2. The molecule has 0 bridgehead atoms. The van der Waals surface area contributed by atoms with Gasteiger partial charge in [0.05, 0.1) is 12.5 Å². The summed E-state index contributed by atoms with van der Waals surface area (Å²) < 4.78 is 5.14. The summed E-state index contributed by atoms with van der Waals surface area (Å²) in [5.74, 6) is -0.308. The highest BCUT2D eigenvalue weighted by Crippen LogP contribution is 2.27. The average Bonchev–Trinajstić information content (AvgIpc) is 2.71. The highest BCUT2D eigenvalue weighted by Gasteiger charge is 2.38. The van der Waals surface area contributed by atoms with Crippen LogP contribution < -0.4 is 5.73 Å². The molecule has 2 rings (SSSR count). The number of hydrogen-bond acceptors (Lipinski definition) is 4. The van der Waals surface area contributed by atoms with E-state index in [-0.39, 0.29) is 23.8 Å². The van der Waals surface area contributed by atoms with Gasteiger partial charge in [0.1, 0.15) is 6.04 Å². The first kappa shape index (κ1) is 16.3. The van der Waals surface area contributed by atoms with Gasteiger partial charge >= 0.3 is 5.97 Å². The first-order chi connectivity index (χ1) is 10.1. The van der Waals surface area contributed by atoms with Crippen LogP contribution in [0.5, 0.6) is 0 Å². The quantitative estimate of drug-likeness (QED) is 0.637. The summed E-state index contributed by atoms with van der Waals surface area (Å²) >= 11 is 0. The first-order valence-corrected chi connectivity index (χ1v) is 8.37. The van der Waals surface area contributed by atoms with Gasteiger partial charge in [0, 0.05) is 12.6 Å². The molecule has 21 heavy (non-hydrogen) atoms. The lowest BCUT2D eigenvalue weighted by molar-refractivity contribution is -0.158. The first-order valence-electron chi connectivity index (χ1n) is 8.37. The fourth-order valence-electron chi connectivity index (χ4n) is 3.53. The third-order valence-electron chi connectivity index (χ3n) is 4.73. The van der Waals surface area contributed by atoms with Crippen molar-refractivity contribution < 1.29 is 14.3 Å². The molecule has 120 valence electrons. The van der Waals surface area contributed by atoms with Crippen molar-refractivity contribution in [2.75, 3.05) is 13.2 Å². The molecule has 1 amide bonds. The number of carbonyl (C=O) groups excluding carboxylic acids is 2. The van der Waals surface area contributed by atoms with E-state index in [0.717, 1.165) is 44.9 Å². The molecular weight excluding hydrogens is 268 g/mol.